The van der Waals surface area contributed by atoms with Crippen molar-refractivity contribution in [1.29, 1.82) is 0 Å². The molecule has 208 valence electrons. The van der Waals surface area contributed by atoms with Crippen molar-refractivity contribution in [2.24, 2.45) is 0 Å². The van der Waals surface area contributed by atoms with Gasteiger partial charge in [-0.2, -0.15) is 0 Å². The van der Waals surface area contributed by atoms with Crippen LogP contribution in [0.4, 0.5) is 0 Å². The summed E-state index contributed by atoms with van der Waals surface area (Å²) in [4.78, 5) is 13.6. The number of para-hydroxylation sites is 1. The summed E-state index contributed by atoms with van der Waals surface area (Å²) in [6, 6.07) is 30.6. The molecule has 0 saturated heterocycles. The van der Waals surface area contributed by atoms with Gasteiger partial charge in [0.25, 0.3) is 0 Å². The fourth-order valence-corrected chi connectivity index (χ4v) is 5.79. The molecule has 4 rings (SSSR count). The summed E-state index contributed by atoms with van der Waals surface area (Å²) in [5.41, 5.74) is 6.62. The Kier molecular flexibility index (Phi) is 9.23. The van der Waals surface area contributed by atoms with Gasteiger partial charge >= 0.3 is 5.97 Å². The molecule has 0 spiro atoms. The SMILES string of the molecule is CC(C)c1ccccc1-c1cccc(-c2ccccc2C(C)C)c1OC(=O)CC(NS(C)(=O)=O)c1ccccc1. The normalized spacial score (nSPS) is 12.5. The molecule has 0 aliphatic carbocycles. The van der Waals surface area contributed by atoms with E-state index in [1.54, 1.807) is 12.1 Å². The van der Waals surface area contributed by atoms with Crippen molar-refractivity contribution in [3.8, 4) is 28.0 Å². The molecule has 0 aliphatic rings. The van der Waals surface area contributed by atoms with Crippen LogP contribution < -0.4 is 9.46 Å². The molecule has 6 heteroatoms. The molecule has 0 radical (unpaired) electrons. The third-order valence-electron chi connectivity index (χ3n) is 6.91. The number of nitrogens with one attached hydrogen (secondary N) is 1. The lowest BCUT2D eigenvalue weighted by molar-refractivity contribution is -0.134. The highest BCUT2D eigenvalue weighted by molar-refractivity contribution is 7.88. The molecule has 0 aromatic heterocycles. The summed E-state index contributed by atoms with van der Waals surface area (Å²) in [6.07, 6.45) is 0.926. The van der Waals surface area contributed by atoms with Gasteiger partial charge in [0.2, 0.25) is 10.0 Å². The number of benzene rings is 4. The number of carbonyl (C=O) groups is 1. The summed E-state index contributed by atoms with van der Waals surface area (Å²) in [7, 11) is -3.58. The second-order valence-corrected chi connectivity index (χ2v) is 12.5. The van der Waals surface area contributed by atoms with Gasteiger partial charge in [-0.1, -0.05) is 125 Å². The second-order valence-electron chi connectivity index (χ2n) is 10.7. The molecule has 1 atom stereocenters. The van der Waals surface area contributed by atoms with E-state index in [0.717, 1.165) is 39.6 Å². The summed E-state index contributed by atoms with van der Waals surface area (Å²) in [6.45, 7) is 8.57. The van der Waals surface area contributed by atoms with E-state index in [1.807, 2.05) is 60.7 Å². The average molecular weight is 556 g/mol. The number of rotatable bonds is 10. The first-order valence-electron chi connectivity index (χ1n) is 13.6. The van der Waals surface area contributed by atoms with Crippen LogP contribution in [0.15, 0.2) is 97.1 Å². The predicted octanol–water partition coefficient (Wildman–Crippen LogP) is 7.85. The zero-order valence-corrected chi connectivity index (χ0v) is 24.5. The van der Waals surface area contributed by atoms with Gasteiger partial charge in [-0.25, -0.2) is 13.1 Å². The van der Waals surface area contributed by atoms with Crippen LogP contribution in [-0.2, 0) is 14.8 Å². The van der Waals surface area contributed by atoms with Crippen LogP contribution in [0.25, 0.3) is 22.3 Å². The van der Waals surface area contributed by atoms with Crippen molar-refractivity contribution in [2.45, 2.75) is 52.0 Å². The number of sulfonamides is 1. The lowest BCUT2D eigenvalue weighted by atomic mass is 9.87. The molecular weight excluding hydrogens is 518 g/mol. The van der Waals surface area contributed by atoms with E-state index >= 15 is 0 Å². The number of esters is 1. The average Bonchev–Trinajstić information content (AvgIpc) is 2.92. The third kappa shape index (κ3) is 7.06. The molecule has 0 heterocycles. The minimum Gasteiger partial charge on any atom is -0.425 e. The Bertz CT molecular complexity index is 1510. The van der Waals surface area contributed by atoms with E-state index < -0.39 is 22.0 Å². The maximum absolute atomic E-state index is 13.6. The predicted molar refractivity (Wildman–Crippen MR) is 163 cm³/mol. The lowest BCUT2D eigenvalue weighted by Crippen LogP contribution is -2.30. The number of carbonyl (C=O) groups excluding carboxylic acids is 1. The van der Waals surface area contributed by atoms with Gasteiger partial charge in [0.15, 0.2) is 0 Å². The monoisotopic (exact) mass is 555 g/mol. The van der Waals surface area contributed by atoms with Crippen LogP contribution in [-0.4, -0.2) is 20.6 Å². The van der Waals surface area contributed by atoms with Crippen molar-refractivity contribution in [2.75, 3.05) is 6.26 Å². The van der Waals surface area contributed by atoms with Crippen molar-refractivity contribution in [3.63, 3.8) is 0 Å². The largest absolute Gasteiger partial charge is 0.425 e. The highest BCUT2D eigenvalue weighted by Crippen LogP contribution is 2.43. The van der Waals surface area contributed by atoms with E-state index in [9.17, 15) is 13.2 Å². The standard InChI is InChI=1S/C34H37NO4S/c1-23(2)26-16-9-11-18-28(26)30-20-13-21-31(29-19-12-10-17-27(29)24(3)4)34(30)39-33(36)22-32(35-40(5,37)38)25-14-7-6-8-15-25/h6-21,23-24,32,35H,22H2,1-5H3. The van der Waals surface area contributed by atoms with Crippen LogP contribution >= 0.6 is 0 Å². The summed E-state index contributed by atoms with van der Waals surface area (Å²) in [5.74, 6) is 0.461. The second kappa shape index (κ2) is 12.6. The van der Waals surface area contributed by atoms with Crippen molar-refractivity contribution in [3.05, 3.63) is 114 Å². The fourth-order valence-electron chi connectivity index (χ4n) is 5.06. The summed E-state index contributed by atoms with van der Waals surface area (Å²) in [5, 5.41) is 0. The first-order valence-corrected chi connectivity index (χ1v) is 15.5. The molecule has 0 fully saturated rings. The van der Waals surface area contributed by atoms with Gasteiger partial charge in [0.1, 0.15) is 5.75 Å². The number of hydrogen-bond donors (Lipinski definition) is 1. The Morgan fingerprint density at radius 1 is 0.675 bits per heavy atom. The van der Waals surface area contributed by atoms with Gasteiger partial charge in [-0.05, 0) is 39.7 Å². The highest BCUT2D eigenvalue weighted by atomic mass is 32.2. The van der Waals surface area contributed by atoms with Crippen LogP contribution in [0.5, 0.6) is 5.75 Å². The van der Waals surface area contributed by atoms with Gasteiger partial charge in [0.05, 0.1) is 18.7 Å². The van der Waals surface area contributed by atoms with Crippen LogP contribution in [0, 0.1) is 0 Å². The van der Waals surface area contributed by atoms with Gasteiger partial charge < -0.3 is 4.74 Å². The molecule has 1 N–H and O–H groups in total. The molecule has 0 saturated carbocycles. The Hall–Kier alpha value is -3.74. The van der Waals surface area contributed by atoms with Crippen molar-refractivity contribution >= 4 is 16.0 Å². The molecule has 4 aromatic carbocycles. The minimum absolute atomic E-state index is 0.164. The molecule has 4 aromatic rings. The van der Waals surface area contributed by atoms with Crippen LogP contribution in [0.1, 0.15) is 68.7 Å². The lowest BCUT2D eigenvalue weighted by Gasteiger charge is -2.22. The van der Waals surface area contributed by atoms with E-state index in [4.69, 9.17) is 4.74 Å². The van der Waals surface area contributed by atoms with Crippen LogP contribution in [0.3, 0.4) is 0 Å². The maximum Gasteiger partial charge on any atom is 0.313 e. The molecule has 0 aliphatic heterocycles. The minimum atomic E-state index is -3.58. The molecule has 40 heavy (non-hydrogen) atoms. The first-order chi connectivity index (χ1) is 19.0. The Morgan fingerprint density at radius 3 is 1.60 bits per heavy atom. The summed E-state index contributed by atoms with van der Waals surface area (Å²) < 4.78 is 33.2. The third-order valence-corrected chi connectivity index (χ3v) is 7.62. The molecule has 0 bridgehead atoms. The first kappa shape index (κ1) is 29.2. The van der Waals surface area contributed by atoms with Crippen molar-refractivity contribution in [1.82, 2.24) is 4.72 Å². The molecule has 0 amide bonds. The highest BCUT2D eigenvalue weighted by Gasteiger charge is 2.25. The Morgan fingerprint density at radius 2 is 1.12 bits per heavy atom. The quantitative estimate of drug-likeness (QED) is 0.160. The smallest absolute Gasteiger partial charge is 0.313 e. The fraction of sp³-hybridized carbons (Fsp3) is 0.265. The zero-order chi connectivity index (χ0) is 28.9. The topological polar surface area (TPSA) is 72.5 Å². The van der Waals surface area contributed by atoms with Crippen LogP contribution in [0.2, 0.25) is 0 Å². The number of ether oxygens (including phenoxy) is 1. The molecule has 1 unspecified atom stereocenters. The Balaban J connectivity index is 1.84. The summed E-state index contributed by atoms with van der Waals surface area (Å²) >= 11 is 0. The van der Waals surface area contributed by atoms with E-state index in [2.05, 4.69) is 56.7 Å². The van der Waals surface area contributed by atoms with E-state index in [-0.39, 0.29) is 18.3 Å². The van der Waals surface area contributed by atoms with E-state index in [1.165, 1.54) is 0 Å². The van der Waals surface area contributed by atoms with Gasteiger partial charge in [-0.3, -0.25) is 4.79 Å². The number of hydrogen-bond acceptors (Lipinski definition) is 4. The maximum atomic E-state index is 13.6. The zero-order valence-electron chi connectivity index (χ0n) is 23.7. The molecular formula is C34H37NO4S. The Labute approximate surface area is 238 Å². The van der Waals surface area contributed by atoms with E-state index in [0.29, 0.717) is 11.3 Å². The van der Waals surface area contributed by atoms with Gasteiger partial charge in [0, 0.05) is 11.1 Å². The molecule has 5 nitrogen and oxygen atoms in total. The van der Waals surface area contributed by atoms with Crippen molar-refractivity contribution < 1.29 is 17.9 Å². The van der Waals surface area contributed by atoms with Gasteiger partial charge in [-0.15, -0.1) is 0 Å².